The Morgan fingerprint density at radius 3 is 2.57 bits per heavy atom. The SMILES string of the molecule is N#CCc1nc(Br)ccc1C(F)(F)F. The third kappa shape index (κ3) is 2.45. The van der Waals surface area contributed by atoms with Gasteiger partial charge in [-0.05, 0) is 28.1 Å². The van der Waals surface area contributed by atoms with Gasteiger partial charge in [0.1, 0.15) is 4.60 Å². The first kappa shape index (κ1) is 11.0. The minimum atomic E-state index is -4.46. The van der Waals surface area contributed by atoms with Crippen molar-refractivity contribution in [3.8, 4) is 6.07 Å². The van der Waals surface area contributed by atoms with Crippen LogP contribution in [0, 0.1) is 11.3 Å². The maximum Gasteiger partial charge on any atom is 0.418 e. The summed E-state index contributed by atoms with van der Waals surface area (Å²) in [4.78, 5) is 3.60. The standard InChI is InChI=1S/C8H4BrF3N2/c9-7-2-1-5(8(10,11)12)6(14-7)3-4-13/h1-2H,3H2. The lowest BCUT2D eigenvalue weighted by Crippen LogP contribution is -2.10. The van der Waals surface area contributed by atoms with Gasteiger partial charge in [-0.25, -0.2) is 4.98 Å². The zero-order chi connectivity index (χ0) is 10.8. The summed E-state index contributed by atoms with van der Waals surface area (Å²) in [6.07, 6.45) is -4.81. The molecule has 0 saturated heterocycles. The lowest BCUT2D eigenvalue weighted by molar-refractivity contribution is -0.138. The van der Waals surface area contributed by atoms with Crippen LogP contribution in [0.2, 0.25) is 0 Å². The Kier molecular flexibility index (Phi) is 3.11. The van der Waals surface area contributed by atoms with Crippen molar-refractivity contribution in [3.63, 3.8) is 0 Å². The van der Waals surface area contributed by atoms with Crippen LogP contribution in [0.25, 0.3) is 0 Å². The molecule has 6 heteroatoms. The molecule has 1 aromatic rings. The number of aromatic nitrogens is 1. The first-order valence-corrected chi connectivity index (χ1v) is 4.34. The molecule has 1 rings (SSSR count). The normalized spacial score (nSPS) is 11.1. The molecular formula is C8H4BrF3N2. The summed E-state index contributed by atoms with van der Waals surface area (Å²) in [6.45, 7) is 0. The van der Waals surface area contributed by atoms with Crippen LogP contribution >= 0.6 is 15.9 Å². The van der Waals surface area contributed by atoms with Crippen molar-refractivity contribution in [1.29, 1.82) is 5.26 Å². The van der Waals surface area contributed by atoms with Crippen LogP contribution in [-0.4, -0.2) is 4.98 Å². The largest absolute Gasteiger partial charge is 0.418 e. The zero-order valence-electron chi connectivity index (χ0n) is 6.77. The third-order valence-corrected chi connectivity index (χ3v) is 1.93. The van der Waals surface area contributed by atoms with Crippen LogP contribution in [0.15, 0.2) is 16.7 Å². The average Bonchev–Trinajstić information content (AvgIpc) is 2.02. The van der Waals surface area contributed by atoms with Gasteiger partial charge in [0.2, 0.25) is 0 Å². The van der Waals surface area contributed by atoms with Crippen molar-refractivity contribution in [2.75, 3.05) is 0 Å². The van der Waals surface area contributed by atoms with E-state index < -0.39 is 11.7 Å². The van der Waals surface area contributed by atoms with Crippen molar-refractivity contribution in [2.24, 2.45) is 0 Å². The van der Waals surface area contributed by atoms with Crippen molar-refractivity contribution >= 4 is 15.9 Å². The number of nitriles is 1. The van der Waals surface area contributed by atoms with Crippen molar-refractivity contribution < 1.29 is 13.2 Å². The zero-order valence-corrected chi connectivity index (χ0v) is 8.35. The van der Waals surface area contributed by atoms with Gasteiger partial charge in [0.25, 0.3) is 0 Å². The van der Waals surface area contributed by atoms with E-state index in [-0.39, 0.29) is 16.7 Å². The van der Waals surface area contributed by atoms with Gasteiger partial charge in [-0.1, -0.05) is 0 Å². The second-order valence-corrected chi connectivity index (χ2v) is 3.27. The summed E-state index contributed by atoms with van der Waals surface area (Å²) in [5, 5.41) is 8.33. The minimum Gasteiger partial charge on any atom is -0.244 e. The van der Waals surface area contributed by atoms with Crippen LogP contribution in [0.4, 0.5) is 13.2 Å². The number of nitrogens with zero attached hydrogens (tertiary/aromatic N) is 2. The van der Waals surface area contributed by atoms with Crippen molar-refractivity contribution in [1.82, 2.24) is 4.98 Å². The Bertz CT molecular complexity index is 381. The molecule has 1 heterocycles. The summed E-state index contributed by atoms with van der Waals surface area (Å²) >= 11 is 2.95. The third-order valence-electron chi connectivity index (χ3n) is 1.49. The van der Waals surface area contributed by atoms with Crippen molar-refractivity contribution in [2.45, 2.75) is 12.6 Å². The fourth-order valence-corrected chi connectivity index (χ4v) is 1.29. The molecule has 0 aromatic carbocycles. The Labute approximate surface area is 86.5 Å². The number of pyridine rings is 1. The number of halogens is 4. The van der Waals surface area contributed by atoms with E-state index in [0.29, 0.717) is 0 Å². The predicted octanol–water partition coefficient (Wildman–Crippen LogP) is 2.93. The molecule has 0 unspecified atom stereocenters. The Balaban J connectivity index is 3.23. The van der Waals surface area contributed by atoms with E-state index in [4.69, 9.17) is 5.26 Å². The molecule has 2 nitrogen and oxygen atoms in total. The molecular weight excluding hydrogens is 261 g/mol. The van der Waals surface area contributed by atoms with Gasteiger partial charge < -0.3 is 0 Å². The van der Waals surface area contributed by atoms with Gasteiger partial charge in [0.15, 0.2) is 0 Å². The fourth-order valence-electron chi connectivity index (χ4n) is 0.942. The predicted molar refractivity (Wildman–Crippen MR) is 46.3 cm³/mol. The molecule has 0 N–H and O–H groups in total. The molecule has 0 bridgehead atoms. The van der Waals surface area contributed by atoms with Gasteiger partial charge in [-0.2, -0.15) is 18.4 Å². The Morgan fingerprint density at radius 2 is 2.07 bits per heavy atom. The maximum atomic E-state index is 12.3. The van der Waals surface area contributed by atoms with E-state index in [1.807, 2.05) is 0 Å². The highest BCUT2D eigenvalue weighted by Crippen LogP contribution is 2.32. The molecule has 0 radical (unpaired) electrons. The molecule has 1 aromatic heterocycles. The molecule has 14 heavy (non-hydrogen) atoms. The van der Waals surface area contributed by atoms with E-state index in [9.17, 15) is 13.2 Å². The molecule has 0 saturated carbocycles. The van der Waals surface area contributed by atoms with Crippen LogP contribution in [-0.2, 0) is 12.6 Å². The van der Waals surface area contributed by atoms with Gasteiger partial charge >= 0.3 is 6.18 Å². The van der Waals surface area contributed by atoms with Gasteiger partial charge in [-0.3, -0.25) is 0 Å². The van der Waals surface area contributed by atoms with Crippen molar-refractivity contribution in [3.05, 3.63) is 28.0 Å². The first-order valence-electron chi connectivity index (χ1n) is 3.54. The highest BCUT2D eigenvalue weighted by molar-refractivity contribution is 9.10. The average molecular weight is 265 g/mol. The Morgan fingerprint density at radius 1 is 1.43 bits per heavy atom. The van der Waals surface area contributed by atoms with E-state index in [2.05, 4.69) is 20.9 Å². The summed E-state index contributed by atoms with van der Waals surface area (Å²) in [6, 6.07) is 3.74. The van der Waals surface area contributed by atoms with E-state index >= 15 is 0 Å². The molecule has 0 aliphatic heterocycles. The van der Waals surface area contributed by atoms with Crippen LogP contribution in [0.3, 0.4) is 0 Å². The quantitative estimate of drug-likeness (QED) is 0.732. The topological polar surface area (TPSA) is 36.7 Å². The smallest absolute Gasteiger partial charge is 0.244 e. The molecule has 74 valence electrons. The summed E-state index contributed by atoms with van der Waals surface area (Å²) in [7, 11) is 0. The number of hydrogen-bond acceptors (Lipinski definition) is 2. The highest BCUT2D eigenvalue weighted by atomic mass is 79.9. The molecule has 0 aliphatic carbocycles. The second-order valence-electron chi connectivity index (χ2n) is 2.46. The Hall–Kier alpha value is -1.09. The maximum absolute atomic E-state index is 12.3. The fraction of sp³-hybridized carbons (Fsp3) is 0.250. The molecule has 0 amide bonds. The highest BCUT2D eigenvalue weighted by Gasteiger charge is 2.33. The van der Waals surface area contributed by atoms with E-state index in [1.165, 1.54) is 6.07 Å². The summed E-state index contributed by atoms with van der Waals surface area (Å²) in [5.41, 5.74) is -1.11. The monoisotopic (exact) mass is 264 g/mol. The van der Waals surface area contributed by atoms with Crippen LogP contribution in [0.5, 0.6) is 0 Å². The second kappa shape index (κ2) is 3.96. The van der Waals surface area contributed by atoms with Crippen LogP contribution in [0.1, 0.15) is 11.3 Å². The van der Waals surface area contributed by atoms with E-state index in [0.717, 1.165) is 6.07 Å². The molecule has 0 atom stereocenters. The van der Waals surface area contributed by atoms with Crippen LogP contribution < -0.4 is 0 Å². The van der Waals surface area contributed by atoms with Gasteiger partial charge in [0, 0.05) is 0 Å². The number of alkyl halides is 3. The van der Waals surface area contributed by atoms with Gasteiger partial charge in [-0.15, -0.1) is 0 Å². The molecule has 0 aliphatic rings. The lowest BCUT2D eigenvalue weighted by Gasteiger charge is -2.09. The van der Waals surface area contributed by atoms with E-state index in [1.54, 1.807) is 6.07 Å². The first-order chi connectivity index (χ1) is 6.45. The minimum absolute atomic E-state index is 0.255. The number of hydrogen-bond donors (Lipinski definition) is 0. The molecule has 0 spiro atoms. The number of rotatable bonds is 1. The van der Waals surface area contributed by atoms with Gasteiger partial charge in [0.05, 0.1) is 23.7 Å². The lowest BCUT2D eigenvalue weighted by atomic mass is 10.1. The summed E-state index contributed by atoms with van der Waals surface area (Å²) < 4.78 is 37.3. The summed E-state index contributed by atoms with van der Waals surface area (Å²) in [5.74, 6) is 0. The molecule has 0 fully saturated rings.